The molecule has 0 radical (unpaired) electrons. The van der Waals surface area contributed by atoms with Gasteiger partial charge in [0.05, 0.1) is 11.5 Å². The van der Waals surface area contributed by atoms with Crippen LogP contribution in [0.15, 0.2) is 18.2 Å². The zero-order valence-electron chi connectivity index (χ0n) is 15.0. The lowest BCUT2D eigenvalue weighted by atomic mass is 10.2. The van der Waals surface area contributed by atoms with Crippen LogP contribution in [0.5, 0.6) is 5.75 Å². The van der Waals surface area contributed by atoms with Gasteiger partial charge in [-0.25, -0.2) is 8.42 Å². The molecule has 0 aromatic heterocycles. The fourth-order valence-corrected chi connectivity index (χ4v) is 4.02. The van der Waals surface area contributed by atoms with Gasteiger partial charge < -0.3 is 15.0 Å². The number of sulfone groups is 1. The SMILES string of the molecule is Cc1cc(Cl)ccc1OC(C)C(=O)NC(C)C(=O)N1CCS(=O)(=O)CC1. The number of ether oxygens (including phenoxy) is 1. The number of hydrogen-bond acceptors (Lipinski definition) is 5. The lowest BCUT2D eigenvalue weighted by Crippen LogP contribution is -2.53. The third-order valence-electron chi connectivity index (χ3n) is 4.20. The van der Waals surface area contributed by atoms with E-state index in [4.69, 9.17) is 16.3 Å². The Hall–Kier alpha value is -1.80. The topological polar surface area (TPSA) is 92.8 Å². The van der Waals surface area contributed by atoms with Gasteiger partial charge in [-0.3, -0.25) is 9.59 Å². The lowest BCUT2D eigenvalue weighted by molar-refractivity contribution is -0.137. The van der Waals surface area contributed by atoms with E-state index in [1.165, 1.54) is 4.90 Å². The van der Waals surface area contributed by atoms with Crippen molar-refractivity contribution in [1.82, 2.24) is 10.2 Å². The summed E-state index contributed by atoms with van der Waals surface area (Å²) < 4.78 is 28.5. The van der Waals surface area contributed by atoms with Crippen molar-refractivity contribution in [2.45, 2.75) is 32.9 Å². The highest BCUT2D eigenvalue weighted by Crippen LogP contribution is 2.22. The summed E-state index contributed by atoms with van der Waals surface area (Å²) in [5.74, 6) is -0.283. The van der Waals surface area contributed by atoms with E-state index in [0.29, 0.717) is 10.8 Å². The quantitative estimate of drug-likeness (QED) is 0.798. The molecule has 0 bridgehead atoms. The molecular formula is C17H23ClN2O5S. The standard InChI is InChI=1S/C17H23ClN2O5S/c1-11-10-14(18)4-5-15(11)25-13(3)16(21)19-12(2)17(22)20-6-8-26(23,24)9-7-20/h4-5,10,12-13H,6-9H2,1-3H3,(H,19,21). The average molecular weight is 403 g/mol. The third-order valence-corrected chi connectivity index (χ3v) is 6.04. The van der Waals surface area contributed by atoms with Crippen molar-refractivity contribution in [3.05, 3.63) is 28.8 Å². The van der Waals surface area contributed by atoms with Gasteiger partial charge in [-0.1, -0.05) is 11.6 Å². The van der Waals surface area contributed by atoms with Crippen LogP contribution in [0.4, 0.5) is 0 Å². The Kier molecular flexibility index (Phi) is 6.52. The Morgan fingerprint density at radius 3 is 2.42 bits per heavy atom. The van der Waals surface area contributed by atoms with Crippen molar-refractivity contribution >= 4 is 33.3 Å². The number of halogens is 1. The number of carbonyl (C=O) groups is 2. The third kappa shape index (κ3) is 5.35. The number of benzene rings is 1. The number of rotatable bonds is 5. The van der Waals surface area contributed by atoms with Crippen molar-refractivity contribution in [3.8, 4) is 5.75 Å². The van der Waals surface area contributed by atoms with Gasteiger partial charge in [-0.05, 0) is 44.5 Å². The van der Waals surface area contributed by atoms with Crippen LogP contribution in [-0.2, 0) is 19.4 Å². The lowest BCUT2D eigenvalue weighted by Gasteiger charge is -2.29. The van der Waals surface area contributed by atoms with Crippen molar-refractivity contribution in [2.24, 2.45) is 0 Å². The highest BCUT2D eigenvalue weighted by atomic mass is 35.5. The molecule has 1 N–H and O–H groups in total. The first kappa shape index (κ1) is 20.5. The first-order valence-corrected chi connectivity index (χ1v) is 10.5. The number of nitrogens with zero attached hydrogens (tertiary/aromatic N) is 1. The maximum atomic E-state index is 12.4. The summed E-state index contributed by atoms with van der Waals surface area (Å²) in [5.41, 5.74) is 0.802. The van der Waals surface area contributed by atoms with Gasteiger partial charge in [0, 0.05) is 18.1 Å². The molecule has 0 spiro atoms. The van der Waals surface area contributed by atoms with Gasteiger partial charge in [0.15, 0.2) is 15.9 Å². The van der Waals surface area contributed by atoms with Gasteiger partial charge in [0.25, 0.3) is 5.91 Å². The van der Waals surface area contributed by atoms with Crippen LogP contribution in [-0.4, -0.2) is 61.9 Å². The van der Waals surface area contributed by atoms with E-state index >= 15 is 0 Å². The molecule has 2 rings (SSSR count). The van der Waals surface area contributed by atoms with E-state index in [1.807, 2.05) is 6.92 Å². The molecule has 1 aromatic carbocycles. The minimum Gasteiger partial charge on any atom is -0.481 e. The van der Waals surface area contributed by atoms with Crippen LogP contribution < -0.4 is 10.1 Å². The van der Waals surface area contributed by atoms with Crippen LogP contribution in [0.2, 0.25) is 5.02 Å². The molecule has 1 fully saturated rings. The van der Waals surface area contributed by atoms with Crippen LogP contribution in [0.1, 0.15) is 19.4 Å². The monoisotopic (exact) mass is 402 g/mol. The predicted octanol–water partition coefficient (Wildman–Crippen LogP) is 1.18. The molecule has 9 heteroatoms. The molecular weight excluding hydrogens is 380 g/mol. The maximum absolute atomic E-state index is 12.4. The van der Waals surface area contributed by atoms with E-state index in [2.05, 4.69) is 5.32 Å². The van der Waals surface area contributed by atoms with Crippen molar-refractivity contribution in [2.75, 3.05) is 24.6 Å². The molecule has 26 heavy (non-hydrogen) atoms. The zero-order valence-corrected chi connectivity index (χ0v) is 16.6. The summed E-state index contributed by atoms with van der Waals surface area (Å²) >= 11 is 5.90. The van der Waals surface area contributed by atoms with Crippen LogP contribution in [0, 0.1) is 6.92 Å². The normalized spacial score (nSPS) is 18.7. The predicted molar refractivity (Wildman–Crippen MR) is 99.1 cm³/mol. The molecule has 2 unspecified atom stereocenters. The first-order valence-electron chi connectivity index (χ1n) is 8.31. The minimum absolute atomic E-state index is 0.0469. The van der Waals surface area contributed by atoms with Crippen LogP contribution in [0.3, 0.4) is 0 Å². The zero-order chi connectivity index (χ0) is 19.5. The van der Waals surface area contributed by atoms with Gasteiger partial charge in [-0.15, -0.1) is 0 Å². The number of nitrogens with one attached hydrogen (secondary N) is 1. The largest absolute Gasteiger partial charge is 0.481 e. The number of amides is 2. The highest BCUT2D eigenvalue weighted by molar-refractivity contribution is 7.91. The van der Waals surface area contributed by atoms with E-state index in [1.54, 1.807) is 32.0 Å². The Bertz CT molecular complexity index is 782. The second kappa shape index (κ2) is 8.26. The Morgan fingerprint density at radius 1 is 1.23 bits per heavy atom. The number of carbonyl (C=O) groups excluding carboxylic acids is 2. The van der Waals surface area contributed by atoms with Crippen LogP contribution >= 0.6 is 11.6 Å². The summed E-state index contributed by atoms with van der Waals surface area (Å²) in [5, 5.41) is 3.20. The van der Waals surface area contributed by atoms with Crippen molar-refractivity contribution in [3.63, 3.8) is 0 Å². The molecule has 0 saturated carbocycles. The van der Waals surface area contributed by atoms with Crippen molar-refractivity contribution in [1.29, 1.82) is 0 Å². The molecule has 1 heterocycles. The van der Waals surface area contributed by atoms with E-state index in [-0.39, 0.29) is 30.5 Å². The molecule has 144 valence electrons. The maximum Gasteiger partial charge on any atom is 0.261 e. The van der Waals surface area contributed by atoms with E-state index < -0.39 is 27.9 Å². The molecule has 0 aliphatic carbocycles. The van der Waals surface area contributed by atoms with Crippen molar-refractivity contribution < 1.29 is 22.7 Å². The molecule has 1 aromatic rings. The smallest absolute Gasteiger partial charge is 0.261 e. The van der Waals surface area contributed by atoms with Gasteiger partial charge in [0.1, 0.15) is 11.8 Å². The molecule has 1 aliphatic heterocycles. The Labute approximate surface area is 158 Å². The van der Waals surface area contributed by atoms with E-state index in [9.17, 15) is 18.0 Å². The summed E-state index contributed by atoms with van der Waals surface area (Å²) in [4.78, 5) is 26.1. The molecule has 2 atom stereocenters. The summed E-state index contributed by atoms with van der Waals surface area (Å²) in [6, 6.07) is 4.33. The number of hydrogen-bond donors (Lipinski definition) is 1. The van der Waals surface area contributed by atoms with Gasteiger partial charge >= 0.3 is 0 Å². The second-order valence-corrected chi connectivity index (χ2v) is 9.12. The molecule has 2 amide bonds. The van der Waals surface area contributed by atoms with E-state index in [0.717, 1.165) is 5.56 Å². The first-order chi connectivity index (χ1) is 12.1. The van der Waals surface area contributed by atoms with Gasteiger partial charge in [-0.2, -0.15) is 0 Å². The summed E-state index contributed by atoms with van der Waals surface area (Å²) in [7, 11) is -3.06. The molecule has 7 nitrogen and oxygen atoms in total. The Morgan fingerprint density at radius 2 is 1.85 bits per heavy atom. The Balaban J connectivity index is 1.90. The molecule has 1 aliphatic rings. The molecule has 1 saturated heterocycles. The van der Waals surface area contributed by atoms with Crippen LogP contribution in [0.25, 0.3) is 0 Å². The highest BCUT2D eigenvalue weighted by Gasteiger charge is 2.29. The summed E-state index contributed by atoms with van der Waals surface area (Å²) in [6.45, 7) is 5.29. The number of aryl methyl sites for hydroxylation is 1. The average Bonchev–Trinajstić information content (AvgIpc) is 2.56. The minimum atomic E-state index is -3.06. The second-order valence-electron chi connectivity index (χ2n) is 6.38. The fraction of sp³-hybridized carbons (Fsp3) is 0.529. The fourth-order valence-electron chi connectivity index (χ4n) is 2.59. The summed E-state index contributed by atoms with van der Waals surface area (Å²) in [6.07, 6.45) is -0.799. The van der Waals surface area contributed by atoms with Gasteiger partial charge in [0.2, 0.25) is 5.91 Å².